The molecule has 0 unspecified atom stereocenters. The minimum Gasteiger partial charge on any atom is -0.467 e. The van der Waals surface area contributed by atoms with Crippen LogP contribution in [0.5, 0.6) is 0 Å². The number of methoxy groups -OCH3 is 2. The lowest BCUT2D eigenvalue weighted by Gasteiger charge is -2.13. The van der Waals surface area contributed by atoms with E-state index >= 15 is 0 Å². The second kappa shape index (κ2) is 7.13. The molecule has 0 amide bonds. The summed E-state index contributed by atoms with van der Waals surface area (Å²) >= 11 is 0. The molecule has 0 saturated carbocycles. The average molecular weight is 314 g/mol. The Morgan fingerprint density at radius 2 is 1.78 bits per heavy atom. The van der Waals surface area contributed by atoms with Gasteiger partial charge in [0.05, 0.1) is 14.2 Å². The van der Waals surface area contributed by atoms with E-state index < -0.39 is 18.0 Å². The van der Waals surface area contributed by atoms with Crippen LogP contribution in [0.15, 0.2) is 40.8 Å². The lowest BCUT2D eigenvalue weighted by molar-refractivity contribution is -0.152. The fraction of sp³-hybridized carbons (Fsp3) is 0.188. The zero-order valence-electron chi connectivity index (χ0n) is 12.5. The lowest BCUT2D eigenvalue weighted by Crippen LogP contribution is -2.39. The Kier molecular flexibility index (Phi) is 5.00. The Bertz CT molecular complexity index is 730. The molecule has 0 aliphatic carbocycles. The first-order valence-corrected chi connectivity index (χ1v) is 6.62. The third-order valence-electron chi connectivity index (χ3n) is 3.06. The number of hydrogen-bond donors (Lipinski definition) is 1. The van der Waals surface area contributed by atoms with Gasteiger partial charge in [-0.1, -0.05) is 30.3 Å². The Balaban J connectivity index is 2.35. The van der Waals surface area contributed by atoms with E-state index in [-0.39, 0.29) is 11.4 Å². The second-order valence-corrected chi connectivity index (χ2v) is 4.45. The van der Waals surface area contributed by atoms with E-state index in [0.717, 1.165) is 19.8 Å². The smallest absolute Gasteiger partial charge is 0.340 e. The topological polar surface area (TPSA) is 102 Å². The largest absolute Gasteiger partial charge is 0.467 e. The van der Waals surface area contributed by atoms with Gasteiger partial charge in [0.25, 0.3) is 0 Å². The van der Waals surface area contributed by atoms with E-state index in [0.29, 0.717) is 5.76 Å². The first-order valence-electron chi connectivity index (χ1n) is 6.62. The summed E-state index contributed by atoms with van der Waals surface area (Å²) in [4.78, 5) is 23.4. The zero-order valence-corrected chi connectivity index (χ0v) is 12.5. The molecule has 2 aromatic rings. The highest BCUT2D eigenvalue weighted by molar-refractivity contribution is 6.02. The molecule has 0 spiro atoms. The molecular formula is C16H14N2O5. The minimum atomic E-state index is -1.42. The number of carbonyl (C=O) groups excluding carboxylic acids is 2. The van der Waals surface area contributed by atoms with Gasteiger partial charge in [0.1, 0.15) is 17.4 Å². The standard InChI is InChI=1S/C16H14N2O5/c1-21-15(19)13(16(20)22-2)18-14-11(9-17)8-12(23-14)10-6-4-3-5-7-10/h3-8,13,18H,1-2H3. The highest BCUT2D eigenvalue weighted by Crippen LogP contribution is 2.29. The number of nitrogens with zero attached hydrogens (tertiary/aromatic N) is 1. The molecular weight excluding hydrogens is 300 g/mol. The van der Waals surface area contributed by atoms with Crippen molar-refractivity contribution in [2.75, 3.05) is 19.5 Å². The molecule has 0 aliphatic rings. The maximum atomic E-state index is 11.7. The quantitative estimate of drug-likeness (QED) is 0.664. The number of anilines is 1. The molecule has 0 radical (unpaired) electrons. The highest BCUT2D eigenvalue weighted by Gasteiger charge is 2.30. The summed E-state index contributed by atoms with van der Waals surface area (Å²) in [6.45, 7) is 0. The number of benzene rings is 1. The van der Waals surface area contributed by atoms with Crippen LogP contribution in [0.25, 0.3) is 11.3 Å². The molecule has 0 saturated heterocycles. The Labute approximate surface area is 132 Å². The molecule has 0 aliphatic heterocycles. The number of nitrogens with one attached hydrogen (secondary N) is 1. The Hall–Kier alpha value is -3.27. The van der Waals surface area contributed by atoms with Crippen molar-refractivity contribution in [3.63, 3.8) is 0 Å². The Morgan fingerprint density at radius 3 is 2.30 bits per heavy atom. The molecule has 0 bridgehead atoms. The van der Waals surface area contributed by atoms with Gasteiger partial charge in [-0.3, -0.25) is 0 Å². The van der Waals surface area contributed by atoms with Crippen LogP contribution in [0.1, 0.15) is 5.56 Å². The monoisotopic (exact) mass is 314 g/mol. The van der Waals surface area contributed by atoms with Crippen molar-refractivity contribution in [2.24, 2.45) is 0 Å². The van der Waals surface area contributed by atoms with E-state index in [2.05, 4.69) is 14.8 Å². The summed E-state index contributed by atoms with van der Waals surface area (Å²) in [5.74, 6) is -1.28. The van der Waals surface area contributed by atoms with Gasteiger partial charge in [-0.15, -0.1) is 0 Å². The van der Waals surface area contributed by atoms with Crippen LogP contribution in [0, 0.1) is 11.3 Å². The van der Waals surface area contributed by atoms with E-state index in [1.807, 2.05) is 36.4 Å². The fourth-order valence-corrected chi connectivity index (χ4v) is 1.91. The number of furan rings is 1. The molecule has 2 rings (SSSR count). The summed E-state index contributed by atoms with van der Waals surface area (Å²) in [5, 5.41) is 11.8. The number of rotatable bonds is 5. The van der Waals surface area contributed by atoms with Crippen molar-refractivity contribution in [2.45, 2.75) is 6.04 Å². The maximum absolute atomic E-state index is 11.7. The van der Waals surface area contributed by atoms with Gasteiger partial charge in [0.2, 0.25) is 11.9 Å². The third-order valence-corrected chi connectivity index (χ3v) is 3.06. The number of nitriles is 1. The number of esters is 2. The predicted octanol–water partition coefficient (Wildman–Crippen LogP) is 1.94. The van der Waals surface area contributed by atoms with Gasteiger partial charge in [-0.2, -0.15) is 5.26 Å². The lowest BCUT2D eigenvalue weighted by atomic mass is 10.1. The van der Waals surface area contributed by atoms with Gasteiger partial charge < -0.3 is 19.2 Å². The maximum Gasteiger partial charge on any atom is 0.340 e. The molecule has 0 atom stereocenters. The van der Waals surface area contributed by atoms with Crippen molar-refractivity contribution >= 4 is 17.8 Å². The van der Waals surface area contributed by atoms with Crippen LogP contribution >= 0.6 is 0 Å². The Morgan fingerprint density at radius 1 is 1.17 bits per heavy atom. The molecule has 23 heavy (non-hydrogen) atoms. The number of carbonyl (C=O) groups is 2. The molecule has 7 nitrogen and oxygen atoms in total. The molecule has 7 heteroatoms. The minimum absolute atomic E-state index is 0.00727. The predicted molar refractivity (Wildman–Crippen MR) is 80.3 cm³/mol. The molecule has 118 valence electrons. The first kappa shape index (κ1) is 16.1. The van der Waals surface area contributed by atoms with Crippen LogP contribution in [-0.2, 0) is 19.1 Å². The zero-order chi connectivity index (χ0) is 16.8. The first-order chi connectivity index (χ1) is 11.1. The molecule has 1 heterocycles. The van der Waals surface area contributed by atoms with E-state index in [4.69, 9.17) is 4.42 Å². The van der Waals surface area contributed by atoms with Crippen molar-refractivity contribution in [1.82, 2.24) is 0 Å². The molecule has 0 fully saturated rings. The van der Waals surface area contributed by atoms with Crippen LogP contribution in [0.4, 0.5) is 5.88 Å². The van der Waals surface area contributed by atoms with Gasteiger partial charge >= 0.3 is 11.9 Å². The SMILES string of the molecule is COC(=O)C(Nc1oc(-c2ccccc2)cc1C#N)C(=O)OC. The summed E-state index contributed by atoms with van der Waals surface area (Å²) < 4.78 is 14.7. The van der Waals surface area contributed by atoms with E-state index in [1.54, 1.807) is 0 Å². The second-order valence-electron chi connectivity index (χ2n) is 4.45. The van der Waals surface area contributed by atoms with E-state index in [9.17, 15) is 14.9 Å². The normalized spacial score (nSPS) is 10.0. The third kappa shape index (κ3) is 3.49. The summed E-state index contributed by atoms with van der Waals surface area (Å²) in [5.41, 5.74) is 0.909. The van der Waals surface area contributed by atoms with Gasteiger partial charge in [0.15, 0.2) is 0 Å². The van der Waals surface area contributed by atoms with Crippen molar-refractivity contribution < 1.29 is 23.5 Å². The van der Waals surface area contributed by atoms with Gasteiger partial charge in [-0.05, 0) is 0 Å². The molecule has 1 aromatic carbocycles. The summed E-state index contributed by atoms with van der Waals surface area (Å²) in [6, 6.07) is 11.1. The van der Waals surface area contributed by atoms with Gasteiger partial charge in [0, 0.05) is 11.6 Å². The van der Waals surface area contributed by atoms with Crippen LogP contribution in [0.2, 0.25) is 0 Å². The molecule has 1 aromatic heterocycles. The van der Waals surface area contributed by atoms with Crippen LogP contribution in [0.3, 0.4) is 0 Å². The average Bonchev–Trinajstić information content (AvgIpc) is 3.02. The fourth-order valence-electron chi connectivity index (χ4n) is 1.91. The highest BCUT2D eigenvalue weighted by atomic mass is 16.5. The van der Waals surface area contributed by atoms with Crippen molar-refractivity contribution in [1.29, 1.82) is 5.26 Å². The van der Waals surface area contributed by atoms with Crippen molar-refractivity contribution in [3.05, 3.63) is 42.0 Å². The van der Waals surface area contributed by atoms with Crippen LogP contribution < -0.4 is 5.32 Å². The van der Waals surface area contributed by atoms with Gasteiger partial charge in [-0.25, -0.2) is 9.59 Å². The van der Waals surface area contributed by atoms with E-state index in [1.165, 1.54) is 6.07 Å². The van der Waals surface area contributed by atoms with Crippen LogP contribution in [-0.4, -0.2) is 32.2 Å². The number of ether oxygens (including phenoxy) is 2. The molecule has 1 N–H and O–H groups in total. The van der Waals surface area contributed by atoms with Crippen molar-refractivity contribution in [3.8, 4) is 17.4 Å². The summed E-state index contributed by atoms with van der Waals surface area (Å²) in [7, 11) is 2.28. The number of hydrogen-bond acceptors (Lipinski definition) is 7. The summed E-state index contributed by atoms with van der Waals surface area (Å²) in [6.07, 6.45) is 0.